The van der Waals surface area contributed by atoms with Crippen molar-refractivity contribution in [2.75, 3.05) is 25.1 Å². The smallest absolute Gasteiger partial charge is 0.414 e. The minimum Gasteiger partial charge on any atom is -0.453 e. The molecule has 1 aliphatic rings. The number of amides is 2. The number of fused-ring (bicyclic) bond motifs is 1. The summed E-state index contributed by atoms with van der Waals surface area (Å²) in [6, 6.07) is 9.13. The van der Waals surface area contributed by atoms with Gasteiger partial charge in [0.2, 0.25) is 0 Å². The summed E-state index contributed by atoms with van der Waals surface area (Å²) in [5, 5.41) is 10.7. The highest BCUT2D eigenvalue weighted by Crippen LogP contribution is 2.25. The van der Waals surface area contributed by atoms with Crippen molar-refractivity contribution < 1.29 is 19.1 Å². The molecule has 0 bridgehead atoms. The SMILES string of the molecule is COC(=O)NC[C@H]1CN(c2ccc(-c3nnc4ncccn34)cc2)C(=O)O1. The van der Waals surface area contributed by atoms with Crippen LogP contribution in [0, 0.1) is 0 Å². The van der Waals surface area contributed by atoms with Crippen LogP contribution in [0.4, 0.5) is 15.3 Å². The number of alkyl carbamates (subject to hydrolysis) is 1. The summed E-state index contributed by atoms with van der Waals surface area (Å²) in [5.74, 6) is 1.18. The van der Waals surface area contributed by atoms with Gasteiger partial charge in [0.1, 0.15) is 6.10 Å². The first-order chi connectivity index (χ1) is 13.2. The molecule has 10 nitrogen and oxygen atoms in total. The number of carbonyl (C=O) groups excluding carboxylic acids is 2. The minimum absolute atomic E-state index is 0.186. The van der Waals surface area contributed by atoms with E-state index in [1.54, 1.807) is 16.7 Å². The average molecular weight is 368 g/mol. The molecule has 138 valence electrons. The van der Waals surface area contributed by atoms with E-state index in [0.717, 1.165) is 5.56 Å². The van der Waals surface area contributed by atoms with Gasteiger partial charge in [-0.25, -0.2) is 14.6 Å². The predicted molar refractivity (Wildman–Crippen MR) is 94.2 cm³/mol. The van der Waals surface area contributed by atoms with E-state index in [-0.39, 0.29) is 6.54 Å². The molecule has 1 atom stereocenters. The van der Waals surface area contributed by atoms with Crippen molar-refractivity contribution in [1.82, 2.24) is 24.9 Å². The van der Waals surface area contributed by atoms with Crippen molar-refractivity contribution in [2.45, 2.75) is 6.10 Å². The fraction of sp³-hybridized carbons (Fsp3) is 0.235. The van der Waals surface area contributed by atoms with Crippen LogP contribution in [0.3, 0.4) is 0 Å². The first-order valence-corrected chi connectivity index (χ1v) is 8.22. The molecule has 0 radical (unpaired) electrons. The summed E-state index contributed by atoms with van der Waals surface area (Å²) >= 11 is 0. The third-order valence-electron chi connectivity index (χ3n) is 4.16. The molecule has 0 spiro atoms. The highest BCUT2D eigenvalue weighted by atomic mass is 16.6. The fourth-order valence-electron chi connectivity index (χ4n) is 2.84. The van der Waals surface area contributed by atoms with Crippen LogP contribution in [0.5, 0.6) is 0 Å². The van der Waals surface area contributed by atoms with Crippen molar-refractivity contribution in [3.05, 3.63) is 42.7 Å². The molecule has 2 amide bonds. The summed E-state index contributed by atoms with van der Waals surface area (Å²) in [6.45, 7) is 0.520. The van der Waals surface area contributed by atoms with Crippen molar-refractivity contribution in [1.29, 1.82) is 0 Å². The van der Waals surface area contributed by atoms with Gasteiger partial charge >= 0.3 is 12.2 Å². The van der Waals surface area contributed by atoms with Gasteiger partial charge in [-0.2, -0.15) is 0 Å². The average Bonchev–Trinajstić information content (AvgIpc) is 3.29. The van der Waals surface area contributed by atoms with Crippen molar-refractivity contribution in [3.8, 4) is 11.4 Å². The van der Waals surface area contributed by atoms with E-state index in [4.69, 9.17) is 4.74 Å². The number of cyclic esters (lactones) is 1. The van der Waals surface area contributed by atoms with Crippen LogP contribution in [0.2, 0.25) is 0 Å². The van der Waals surface area contributed by atoms with Gasteiger partial charge in [0.05, 0.1) is 20.2 Å². The standard InChI is InChI=1S/C17H16N6O4/c1-26-16(24)19-9-13-10-23(17(25)27-13)12-5-3-11(4-6-12)14-20-21-15-18-7-2-8-22(14)15/h2-8,13H,9-10H2,1H3,(H,19,24)/t13-/m0/s1. The molecule has 4 rings (SSSR count). The summed E-state index contributed by atoms with van der Waals surface area (Å²) in [6.07, 6.45) is 2.02. The largest absolute Gasteiger partial charge is 0.453 e. The maximum absolute atomic E-state index is 12.1. The molecule has 27 heavy (non-hydrogen) atoms. The van der Waals surface area contributed by atoms with Crippen LogP contribution < -0.4 is 10.2 Å². The number of benzene rings is 1. The lowest BCUT2D eigenvalue weighted by Crippen LogP contribution is -2.34. The number of hydrogen-bond acceptors (Lipinski definition) is 7. The van der Waals surface area contributed by atoms with E-state index < -0.39 is 18.3 Å². The van der Waals surface area contributed by atoms with Crippen molar-refractivity contribution >= 4 is 23.7 Å². The minimum atomic E-state index is -0.566. The van der Waals surface area contributed by atoms with Gasteiger partial charge in [0.25, 0.3) is 5.78 Å². The molecule has 2 aromatic heterocycles. The van der Waals surface area contributed by atoms with E-state index >= 15 is 0 Å². The summed E-state index contributed by atoms with van der Waals surface area (Å²) in [4.78, 5) is 28.9. The van der Waals surface area contributed by atoms with Gasteiger partial charge in [-0.15, -0.1) is 10.2 Å². The van der Waals surface area contributed by atoms with Gasteiger partial charge in [-0.3, -0.25) is 9.30 Å². The fourth-order valence-corrected chi connectivity index (χ4v) is 2.84. The summed E-state index contributed by atoms with van der Waals surface area (Å²) in [7, 11) is 1.28. The predicted octanol–water partition coefficient (Wildman–Crippen LogP) is 1.47. The Bertz CT molecular complexity index is 987. The van der Waals surface area contributed by atoms with Crippen LogP contribution in [0.15, 0.2) is 42.7 Å². The second-order valence-corrected chi connectivity index (χ2v) is 5.85. The molecular weight excluding hydrogens is 352 g/mol. The topological polar surface area (TPSA) is 111 Å². The first kappa shape index (κ1) is 16.8. The Labute approximate surface area is 153 Å². The molecule has 1 aliphatic heterocycles. The lowest BCUT2D eigenvalue weighted by atomic mass is 10.2. The van der Waals surface area contributed by atoms with Crippen LogP contribution >= 0.6 is 0 Å². The zero-order chi connectivity index (χ0) is 18.8. The van der Waals surface area contributed by atoms with Gasteiger partial charge < -0.3 is 14.8 Å². The molecule has 1 N–H and O–H groups in total. The van der Waals surface area contributed by atoms with Crippen LogP contribution in [-0.4, -0.2) is 58.1 Å². The van der Waals surface area contributed by atoms with Gasteiger partial charge in [-0.05, 0) is 30.3 Å². The highest BCUT2D eigenvalue weighted by Gasteiger charge is 2.32. The maximum Gasteiger partial charge on any atom is 0.414 e. The van der Waals surface area contributed by atoms with Gasteiger partial charge in [-0.1, -0.05) is 0 Å². The molecule has 0 unspecified atom stereocenters. The number of nitrogens with one attached hydrogen (secondary N) is 1. The Morgan fingerprint density at radius 1 is 1.33 bits per heavy atom. The Kier molecular flexibility index (Phi) is 4.29. The first-order valence-electron chi connectivity index (χ1n) is 8.22. The van der Waals surface area contributed by atoms with Gasteiger partial charge in [0, 0.05) is 23.6 Å². The maximum atomic E-state index is 12.1. The molecular formula is C17H16N6O4. The number of methoxy groups -OCH3 is 1. The molecule has 1 saturated heterocycles. The third-order valence-corrected chi connectivity index (χ3v) is 4.16. The zero-order valence-electron chi connectivity index (χ0n) is 14.4. The lowest BCUT2D eigenvalue weighted by molar-refractivity contribution is 0.132. The number of hydrogen-bond donors (Lipinski definition) is 1. The molecule has 1 aromatic carbocycles. The summed E-state index contributed by atoms with van der Waals surface area (Å²) < 4.78 is 11.6. The second kappa shape index (κ2) is 6.90. The van der Waals surface area contributed by atoms with E-state index in [2.05, 4.69) is 25.2 Å². The van der Waals surface area contributed by atoms with Gasteiger partial charge in [0.15, 0.2) is 5.82 Å². The Hall–Kier alpha value is -3.69. The number of nitrogens with zero attached hydrogens (tertiary/aromatic N) is 5. The van der Waals surface area contributed by atoms with Crippen LogP contribution in [-0.2, 0) is 9.47 Å². The molecule has 0 aliphatic carbocycles. The Morgan fingerprint density at radius 3 is 2.93 bits per heavy atom. The quantitative estimate of drug-likeness (QED) is 0.742. The second-order valence-electron chi connectivity index (χ2n) is 5.85. The molecule has 1 fully saturated rings. The molecule has 3 aromatic rings. The molecule has 0 saturated carbocycles. The number of anilines is 1. The Balaban J connectivity index is 1.49. The van der Waals surface area contributed by atoms with Crippen LogP contribution in [0.25, 0.3) is 17.2 Å². The Morgan fingerprint density at radius 2 is 2.15 bits per heavy atom. The normalized spacial score (nSPS) is 16.4. The molecule has 10 heteroatoms. The zero-order valence-corrected chi connectivity index (χ0v) is 14.4. The number of rotatable bonds is 4. The van der Waals surface area contributed by atoms with Crippen LogP contribution in [0.1, 0.15) is 0 Å². The highest BCUT2D eigenvalue weighted by molar-refractivity contribution is 5.90. The van der Waals surface area contributed by atoms with E-state index in [0.29, 0.717) is 23.8 Å². The molecule has 3 heterocycles. The lowest BCUT2D eigenvalue weighted by Gasteiger charge is -2.13. The van der Waals surface area contributed by atoms with E-state index in [9.17, 15) is 9.59 Å². The third kappa shape index (κ3) is 3.24. The summed E-state index contributed by atoms with van der Waals surface area (Å²) in [5.41, 5.74) is 1.53. The number of ether oxygens (including phenoxy) is 2. The van der Waals surface area contributed by atoms with Crippen molar-refractivity contribution in [2.24, 2.45) is 0 Å². The number of carbonyl (C=O) groups is 2. The van der Waals surface area contributed by atoms with E-state index in [1.807, 2.05) is 30.5 Å². The monoisotopic (exact) mass is 368 g/mol. The van der Waals surface area contributed by atoms with Crippen molar-refractivity contribution in [3.63, 3.8) is 0 Å². The number of aromatic nitrogens is 4. The van der Waals surface area contributed by atoms with E-state index in [1.165, 1.54) is 12.0 Å².